The average Bonchev–Trinajstić information content (AvgIpc) is 2.75. The largest absolute Gasteiger partial charge is 0.495 e. The van der Waals surface area contributed by atoms with Gasteiger partial charge in [0.05, 0.1) is 12.1 Å². The molecule has 0 unspecified atom stereocenters. The van der Waals surface area contributed by atoms with Gasteiger partial charge in [-0.05, 0) is 30.9 Å². The van der Waals surface area contributed by atoms with Crippen molar-refractivity contribution in [3.8, 4) is 5.75 Å². The van der Waals surface area contributed by atoms with Gasteiger partial charge in [0.2, 0.25) is 0 Å². The molecule has 0 spiro atoms. The number of Topliss-reactive ketones (excluding diaryl/α,β-unsaturated/α-hetero) is 1. The zero-order valence-corrected chi connectivity index (χ0v) is 13.6. The number of halogens is 3. The SMILES string of the molecule is COc1cc2c(c(Cl)c1Cl)C(=O)[C@@H](CCCCCCl)C2. The van der Waals surface area contributed by atoms with Crippen LogP contribution in [0.2, 0.25) is 10.0 Å². The number of unbranched alkanes of at least 4 members (excludes halogenated alkanes) is 2. The lowest BCUT2D eigenvalue weighted by Crippen LogP contribution is -2.09. The third-order valence-electron chi connectivity index (χ3n) is 3.74. The lowest BCUT2D eigenvalue weighted by molar-refractivity contribution is 0.0929. The molecule has 2 rings (SSSR count). The third kappa shape index (κ3) is 3.08. The van der Waals surface area contributed by atoms with Crippen LogP contribution in [0, 0.1) is 5.92 Å². The Kier molecular flexibility index (Phi) is 5.59. The third-order valence-corrected chi connectivity index (χ3v) is 4.86. The van der Waals surface area contributed by atoms with Crippen molar-refractivity contribution >= 4 is 40.6 Å². The molecule has 0 radical (unpaired) electrons. The molecule has 0 fully saturated rings. The van der Waals surface area contributed by atoms with Crippen LogP contribution in [0.4, 0.5) is 0 Å². The lowest BCUT2D eigenvalue weighted by atomic mass is 9.97. The van der Waals surface area contributed by atoms with E-state index in [2.05, 4.69) is 0 Å². The van der Waals surface area contributed by atoms with E-state index in [9.17, 15) is 4.79 Å². The zero-order chi connectivity index (χ0) is 14.7. The molecule has 1 aromatic carbocycles. The fourth-order valence-electron chi connectivity index (χ4n) is 2.69. The minimum Gasteiger partial charge on any atom is -0.495 e. The van der Waals surface area contributed by atoms with Crippen molar-refractivity contribution in [3.05, 3.63) is 27.2 Å². The molecular formula is C15H17Cl3O2. The molecule has 0 N–H and O–H groups in total. The molecular weight excluding hydrogens is 319 g/mol. The normalized spacial score (nSPS) is 17.4. The molecule has 20 heavy (non-hydrogen) atoms. The number of hydrogen-bond donors (Lipinski definition) is 0. The van der Waals surface area contributed by atoms with E-state index in [-0.39, 0.29) is 11.7 Å². The highest BCUT2D eigenvalue weighted by atomic mass is 35.5. The molecule has 110 valence electrons. The molecule has 1 aliphatic rings. The summed E-state index contributed by atoms with van der Waals surface area (Å²) < 4.78 is 5.19. The number of ketones is 1. The minimum atomic E-state index is 0.0148. The highest BCUT2D eigenvalue weighted by molar-refractivity contribution is 6.45. The topological polar surface area (TPSA) is 26.3 Å². The van der Waals surface area contributed by atoms with E-state index in [1.165, 1.54) is 0 Å². The van der Waals surface area contributed by atoms with Crippen LogP contribution >= 0.6 is 34.8 Å². The van der Waals surface area contributed by atoms with Crippen LogP contribution in [-0.4, -0.2) is 18.8 Å². The maximum atomic E-state index is 12.4. The standard InChI is InChI=1S/C15H17Cl3O2/c1-20-11-8-10-7-9(5-3-2-4-6-16)15(19)12(10)14(18)13(11)17/h8-9H,2-7H2,1H3/t9-/m0/s1. The predicted molar refractivity (Wildman–Crippen MR) is 83.7 cm³/mol. The summed E-state index contributed by atoms with van der Waals surface area (Å²) in [4.78, 5) is 12.4. The first kappa shape index (κ1) is 15.9. The first-order valence-electron chi connectivity index (χ1n) is 6.75. The van der Waals surface area contributed by atoms with Crippen molar-refractivity contribution < 1.29 is 9.53 Å². The van der Waals surface area contributed by atoms with Crippen molar-refractivity contribution in [1.82, 2.24) is 0 Å². The van der Waals surface area contributed by atoms with Gasteiger partial charge in [-0.15, -0.1) is 11.6 Å². The first-order valence-corrected chi connectivity index (χ1v) is 8.04. The van der Waals surface area contributed by atoms with Crippen LogP contribution < -0.4 is 4.74 Å². The fourth-order valence-corrected chi connectivity index (χ4v) is 3.41. The second-order valence-corrected chi connectivity index (χ2v) is 6.18. The first-order chi connectivity index (χ1) is 9.60. The van der Waals surface area contributed by atoms with Crippen molar-refractivity contribution in [2.75, 3.05) is 13.0 Å². The Labute approximate surface area is 134 Å². The van der Waals surface area contributed by atoms with Gasteiger partial charge in [0, 0.05) is 17.4 Å². The van der Waals surface area contributed by atoms with Gasteiger partial charge >= 0.3 is 0 Å². The Morgan fingerprint density at radius 1 is 1.25 bits per heavy atom. The molecule has 0 saturated carbocycles. The molecule has 0 heterocycles. The summed E-state index contributed by atoms with van der Waals surface area (Å²) in [5.74, 6) is 1.34. The number of ether oxygens (including phenoxy) is 1. The molecule has 0 aliphatic heterocycles. The smallest absolute Gasteiger partial charge is 0.168 e. The van der Waals surface area contributed by atoms with Gasteiger partial charge in [-0.3, -0.25) is 4.79 Å². The van der Waals surface area contributed by atoms with E-state index in [1.54, 1.807) is 7.11 Å². The monoisotopic (exact) mass is 334 g/mol. The number of alkyl halides is 1. The lowest BCUT2D eigenvalue weighted by Gasteiger charge is -2.08. The number of carbonyl (C=O) groups excluding carboxylic acids is 1. The predicted octanol–water partition coefficient (Wildman–Crippen LogP) is 5.16. The van der Waals surface area contributed by atoms with Gasteiger partial charge in [-0.25, -0.2) is 0 Å². The van der Waals surface area contributed by atoms with Crippen molar-refractivity contribution in [2.45, 2.75) is 32.1 Å². The van der Waals surface area contributed by atoms with Crippen LogP contribution in [0.25, 0.3) is 0 Å². The van der Waals surface area contributed by atoms with Crippen molar-refractivity contribution in [2.24, 2.45) is 5.92 Å². The number of fused-ring (bicyclic) bond motifs is 1. The highest BCUT2D eigenvalue weighted by Crippen LogP contribution is 2.42. The van der Waals surface area contributed by atoms with Gasteiger partial charge < -0.3 is 4.74 Å². The summed E-state index contributed by atoms with van der Waals surface area (Å²) in [5, 5.41) is 0.651. The van der Waals surface area contributed by atoms with E-state index < -0.39 is 0 Å². The van der Waals surface area contributed by atoms with E-state index in [1.807, 2.05) is 6.07 Å². The molecule has 0 bridgehead atoms. The number of methoxy groups -OCH3 is 1. The summed E-state index contributed by atoms with van der Waals surface area (Å²) in [6.07, 6.45) is 4.67. The van der Waals surface area contributed by atoms with Gasteiger partial charge in [0.15, 0.2) is 5.78 Å². The second kappa shape index (κ2) is 7.02. The average molecular weight is 336 g/mol. The van der Waals surface area contributed by atoms with Crippen molar-refractivity contribution in [1.29, 1.82) is 0 Å². The van der Waals surface area contributed by atoms with E-state index >= 15 is 0 Å². The summed E-state index contributed by atoms with van der Waals surface area (Å²) in [7, 11) is 1.55. The summed E-state index contributed by atoms with van der Waals surface area (Å²) >= 11 is 18.0. The van der Waals surface area contributed by atoms with Crippen LogP contribution in [0.15, 0.2) is 6.07 Å². The second-order valence-electron chi connectivity index (χ2n) is 5.04. The zero-order valence-electron chi connectivity index (χ0n) is 11.3. The maximum absolute atomic E-state index is 12.4. The van der Waals surface area contributed by atoms with Crippen LogP contribution in [-0.2, 0) is 6.42 Å². The van der Waals surface area contributed by atoms with Gasteiger partial charge in [0.1, 0.15) is 10.8 Å². The Morgan fingerprint density at radius 3 is 2.65 bits per heavy atom. The molecule has 1 atom stereocenters. The van der Waals surface area contributed by atoms with E-state index in [4.69, 9.17) is 39.5 Å². The highest BCUT2D eigenvalue weighted by Gasteiger charge is 2.34. The Bertz CT molecular complexity index is 514. The molecule has 1 aliphatic carbocycles. The number of rotatable bonds is 6. The number of carbonyl (C=O) groups is 1. The van der Waals surface area contributed by atoms with E-state index in [0.717, 1.165) is 37.7 Å². The summed E-state index contributed by atoms with van der Waals surface area (Å²) in [5.41, 5.74) is 1.53. The molecule has 2 nitrogen and oxygen atoms in total. The molecule has 5 heteroatoms. The molecule has 1 aromatic rings. The van der Waals surface area contributed by atoms with E-state index in [0.29, 0.717) is 27.2 Å². The minimum absolute atomic E-state index is 0.0148. The molecule has 0 aromatic heterocycles. The quantitative estimate of drug-likeness (QED) is 0.530. The van der Waals surface area contributed by atoms with Crippen molar-refractivity contribution in [3.63, 3.8) is 0 Å². The molecule has 0 amide bonds. The number of benzene rings is 1. The molecule has 0 saturated heterocycles. The Morgan fingerprint density at radius 2 is 2.00 bits per heavy atom. The van der Waals surface area contributed by atoms with Gasteiger partial charge in [-0.1, -0.05) is 36.0 Å². The van der Waals surface area contributed by atoms with Crippen LogP contribution in [0.1, 0.15) is 41.6 Å². The fraction of sp³-hybridized carbons (Fsp3) is 0.533. The van der Waals surface area contributed by atoms with Gasteiger partial charge in [-0.2, -0.15) is 0 Å². The van der Waals surface area contributed by atoms with Crippen LogP contribution in [0.5, 0.6) is 5.75 Å². The van der Waals surface area contributed by atoms with Crippen LogP contribution in [0.3, 0.4) is 0 Å². The van der Waals surface area contributed by atoms with Gasteiger partial charge in [0.25, 0.3) is 0 Å². The summed E-state index contributed by atoms with van der Waals surface area (Å²) in [6, 6.07) is 1.83. The number of hydrogen-bond acceptors (Lipinski definition) is 2. The summed E-state index contributed by atoms with van der Waals surface area (Å²) in [6.45, 7) is 0. The maximum Gasteiger partial charge on any atom is 0.168 e. The Balaban J connectivity index is 2.14. The Hall–Kier alpha value is -0.440.